The average molecular weight is 296 g/mol. The number of hydrogen-bond donors (Lipinski definition) is 0. The fourth-order valence-electron chi connectivity index (χ4n) is 3.11. The van der Waals surface area contributed by atoms with E-state index in [4.69, 9.17) is 14.2 Å². The van der Waals surface area contributed by atoms with Crippen molar-refractivity contribution >= 4 is 6.21 Å². The van der Waals surface area contributed by atoms with Crippen LogP contribution in [0.5, 0.6) is 0 Å². The van der Waals surface area contributed by atoms with Crippen LogP contribution >= 0.6 is 0 Å². The smallest absolute Gasteiger partial charge is 0.190 e. The molecular formula is C18H18NO3+. The summed E-state index contributed by atoms with van der Waals surface area (Å²) in [4.78, 5) is 0. The molecule has 2 atom stereocenters. The summed E-state index contributed by atoms with van der Waals surface area (Å²) in [6, 6.07) is 10.4. The van der Waals surface area contributed by atoms with E-state index in [0.717, 1.165) is 18.1 Å². The molecule has 0 aromatic heterocycles. The van der Waals surface area contributed by atoms with Gasteiger partial charge in [0.25, 0.3) is 0 Å². The molecular weight excluding hydrogens is 278 g/mol. The molecule has 1 aromatic rings. The van der Waals surface area contributed by atoms with Crippen LogP contribution in [0.25, 0.3) is 0 Å². The predicted octanol–water partition coefficient (Wildman–Crippen LogP) is 2.58. The second kappa shape index (κ2) is 5.46. The lowest BCUT2D eigenvalue weighted by Gasteiger charge is -2.24. The molecule has 1 saturated heterocycles. The maximum atomic E-state index is 5.62. The molecule has 1 fully saturated rings. The molecule has 4 nitrogen and oxygen atoms in total. The van der Waals surface area contributed by atoms with Crippen molar-refractivity contribution in [1.29, 1.82) is 0 Å². The third kappa shape index (κ3) is 2.25. The Hall–Kier alpha value is -2.33. The summed E-state index contributed by atoms with van der Waals surface area (Å²) in [5.41, 5.74) is 2.47. The zero-order valence-electron chi connectivity index (χ0n) is 12.4. The van der Waals surface area contributed by atoms with Gasteiger partial charge in [-0.25, -0.2) is 4.58 Å². The predicted molar refractivity (Wildman–Crippen MR) is 82.0 cm³/mol. The lowest BCUT2D eigenvalue weighted by molar-refractivity contribution is -0.472. The van der Waals surface area contributed by atoms with Gasteiger partial charge in [0.15, 0.2) is 37.3 Å². The third-order valence-electron chi connectivity index (χ3n) is 4.18. The van der Waals surface area contributed by atoms with Crippen molar-refractivity contribution in [2.24, 2.45) is 5.92 Å². The van der Waals surface area contributed by atoms with Crippen molar-refractivity contribution in [2.75, 3.05) is 13.9 Å². The first-order valence-electron chi connectivity index (χ1n) is 7.42. The molecule has 22 heavy (non-hydrogen) atoms. The first-order valence-corrected chi connectivity index (χ1v) is 7.42. The first-order chi connectivity index (χ1) is 10.8. The Balaban J connectivity index is 1.65. The van der Waals surface area contributed by atoms with E-state index >= 15 is 0 Å². The second-order valence-corrected chi connectivity index (χ2v) is 5.55. The first kappa shape index (κ1) is 13.3. The molecule has 112 valence electrons. The van der Waals surface area contributed by atoms with E-state index in [1.165, 1.54) is 11.1 Å². The lowest BCUT2D eigenvalue weighted by Crippen LogP contribution is -2.27. The van der Waals surface area contributed by atoms with Gasteiger partial charge in [0, 0.05) is 11.6 Å². The number of benzene rings is 1. The molecule has 2 heterocycles. The fraction of sp³-hybridized carbons (Fsp3) is 0.278. The van der Waals surface area contributed by atoms with Crippen LogP contribution in [0.4, 0.5) is 0 Å². The fourth-order valence-corrected chi connectivity index (χ4v) is 3.11. The van der Waals surface area contributed by atoms with Crippen LogP contribution in [0.15, 0.2) is 65.8 Å². The number of allylic oxidation sites excluding steroid dienone is 2. The number of rotatable bonds is 3. The number of hydrogen-bond acceptors (Lipinski definition) is 3. The Bertz CT molecular complexity index is 700. The van der Waals surface area contributed by atoms with Crippen LogP contribution < -0.4 is 0 Å². The number of nitrogens with zero attached hydrogens (tertiary/aromatic N) is 1. The maximum Gasteiger partial charge on any atom is 0.190 e. The van der Waals surface area contributed by atoms with Crippen LogP contribution in [0.3, 0.4) is 0 Å². The van der Waals surface area contributed by atoms with Gasteiger partial charge in [-0.15, -0.1) is 0 Å². The molecule has 1 aliphatic carbocycles. The molecule has 0 N–H and O–H groups in total. The molecule has 4 heteroatoms. The van der Waals surface area contributed by atoms with E-state index in [1.54, 1.807) is 7.11 Å². The Kier molecular flexibility index (Phi) is 3.31. The maximum absolute atomic E-state index is 5.62. The highest BCUT2D eigenvalue weighted by molar-refractivity contribution is 5.69. The van der Waals surface area contributed by atoms with E-state index in [9.17, 15) is 0 Å². The molecule has 3 aliphatic rings. The van der Waals surface area contributed by atoms with E-state index in [0.29, 0.717) is 6.79 Å². The van der Waals surface area contributed by atoms with Crippen LogP contribution in [0.1, 0.15) is 5.56 Å². The van der Waals surface area contributed by atoms with Crippen molar-refractivity contribution in [2.45, 2.75) is 12.6 Å². The van der Waals surface area contributed by atoms with E-state index in [1.807, 2.05) is 6.07 Å². The SMILES string of the molecule is COC1=C2OCO[C@@H]2C=C2C=C[N+](Cc3ccccc3)=C[C@@H]21. The van der Waals surface area contributed by atoms with Gasteiger partial charge < -0.3 is 14.2 Å². The van der Waals surface area contributed by atoms with Gasteiger partial charge in [-0.05, 0) is 11.6 Å². The van der Waals surface area contributed by atoms with E-state index in [2.05, 4.69) is 53.4 Å². The topological polar surface area (TPSA) is 30.7 Å². The molecule has 0 bridgehead atoms. The molecule has 0 unspecified atom stereocenters. The van der Waals surface area contributed by atoms with E-state index < -0.39 is 0 Å². The summed E-state index contributed by atoms with van der Waals surface area (Å²) in [7, 11) is 1.69. The zero-order valence-corrected chi connectivity index (χ0v) is 12.4. The highest BCUT2D eigenvalue weighted by atomic mass is 16.7. The largest absolute Gasteiger partial charge is 0.496 e. The van der Waals surface area contributed by atoms with Crippen LogP contribution in [-0.2, 0) is 20.8 Å². The third-order valence-corrected chi connectivity index (χ3v) is 4.18. The Labute approximate surface area is 129 Å². The number of ether oxygens (including phenoxy) is 3. The molecule has 0 spiro atoms. The minimum atomic E-state index is -0.111. The Morgan fingerprint density at radius 3 is 2.95 bits per heavy atom. The molecule has 0 saturated carbocycles. The molecule has 1 aromatic carbocycles. The van der Waals surface area contributed by atoms with Gasteiger partial charge in [0.05, 0.1) is 7.11 Å². The molecule has 4 rings (SSSR count). The van der Waals surface area contributed by atoms with Crippen LogP contribution in [0, 0.1) is 5.92 Å². The van der Waals surface area contributed by atoms with Gasteiger partial charge in [-0.2, -0.15) is 0 Å². The second-order valence-electron chi connectivity index (χ2n) is 5.55. The van der Waals surface area contributed by atoms with Crippen molar-refractivity contribution < 1.29 is 18.8 Å². The molecule has 0 radical (unpaired) electrons. The van der Waals surface area contributed by atoms with Crippen molar-refractivity contribution in [3.63, 3.8) is 0 Å². The summed E-state index contributed by atoms with van der Waals surface area (Å²) < 4.78 is 19.0. The molecule has 0 amide bonds. The normalized spacial score (nSPS) is 25.9. The summed E-state index contributed by atoms with van der Waals surface area (Å²) >= 11 is 0. The summed E-state index contributed by atoms with van der Waals surface area (Å²) in [6.45, 7) is 1.13. The minimum absolute atomic E-state index is 0.0895. The standard InChI is InChI=1S/C18H18NO3/c1-20-17-15-11-19(10-13-5-3-2-4-6-13)8-7-14(15)9-16-18(17)22-12-21-16/h2-9,11,15-16H,10,12H2,1H3/q+1/t15-,16+/m0/s1. The van der Waals surface area contributed by atoms with Crippen LogP contribution in [0.2, 0.25) is 0 Å². The summed E-state index contributed by atoms with van der Waals surface area (Å²) in [6.07, 6.45) is 8.42. The average Bonchev–Trinajstić information content (AvgIpc) is 3.01. The van der Waals surface area contributed by atoms with Crippen LogP contribution in [-0.4, -0.2) is 30.8 Å². The summed E-state index contributed by atoms with van der Waals surface area (Å²) in [5.74, 6) is 1.75. The quantitative estimate of drug-likeness (QED) is 0.803. The van der Waals surface area contributed by atoms with Gasteiger partial charge in [-0.1, -0.05) is 30.3 Å². The number of methoxy groups -OCH3 is 1. The lowest BCUT2D eigenvalue weighted by atomic mass is 9.88. The highest BCUT2D eigenvalue weighted by Gasteiger charge is 2.38. The number of fused-ring (bicyclic) bond motifs is 2. The summed E-state index contributed by atoms with van der Waals surface area (Å²) in [5, 5.41) is 0. The van der Waals surface area contributed by atoms with Gasteiger partial charge in [0.2, 0.25) is 0 Å². The van der Waals surface area contributed by atoms with Gasteiger partial charge in [0.1, 0.15) is 12.0 Å². The Morgan fingerprint density at radius 2 is 2.14 bits per heavy atom. The van der Waals surface area contributed by atoms with E-state index in [-0.39, 0.29) is 12.0 Å². The van der Waals surface area contributed by atoms with Gasteiger partial charge in [-0.3, -0.25) is 0 Å². The Morgan fingerprint density at radius 1 is 1.27 bits per heavy atom. The zero-order chi connectivity index (χ0) is 14.9. The monoisotopic (exact) mass is 296 g/mol. The van der Waals surface area contributed by atoms with Crippen molar-refractivity contribution in [3.8, 4) is 0 Å². The minimum Gasteiger partial charge on any atom is -0.496 e. The highest BCUT2D eigenvalue weighted by Crippen LogP contribution is 2.36. The van der Waals surface area contributed by atoms with Gasteiger partial charge >= 0.3 is 0 Å². The molecule has 2 aliphatic heterocycles. The van der Waals surface area contributed by atoms with Crippen molar-refractivity contribution in [3.05, 3.63) is 71.3 Å². The van der Waals surface area contributed by atoms with Crippen molar-refractivity contribution in [1.82, 2.24) is 0 Å².